The first-order valence-corrected chi connectivity index (χ1v) is 6.71. The third-order valence-corrected chi connectivity index (χ3v) is 4.13. The van der Waals surface area contributed by atoms with E-state index in [2.05, 4.69) is 5.32 Å². The van der Waals surface area contributed by atoms with Crippen LogP contribution >= 0.6 is 0 Å². The summed E-state index contributed by atoms with van der Waals surface area (Å²) in [6.45, 7) is 2.73. The molecule has 0 aliphatic heterocycles. The van der Waals surface area contributed by atoms with Crippen LogP contribution in [0, 0.1) is 17.8 Å². The molecule has 0 aromatic rings. The minimum atomic E-state index is 0.398. The highest BCUT2D eigenvalue weighted by Crippen LogP contribution is 2.32. The van der Waals surface area contributed by atoms with Crippen molar-refractivity contribution in [1.82, 2.24) is 5.32 Å². The first-order chi connectivity index (χ1) is 7.40. The number of hydrogen-bond acceptors (Lipinski definition) is 2. The van der Waals surface area contributed by atoms with Crippen molar-refractivity contribution in [2.24, 2.45) is 17.8 Å². The van der Waals surface area contributed by atoms with E-state index in [4.69, 9.17) is 0 Å². The molecule has 2 aliphatic carbocycles. The first-order valence-electron chi connectivity index (χ1n) is 6.71. The van der Waals surface area contributed by atoms with E-state index in [1.165, 1.54) is 51.5 Å². The molecular formula is C13H25NO. The summed E-state index contributed by atoms with van der Waals surface area (Å²) in [4.78, 5) is 0. The van der Waals surface area contributed by atoms with Gasteiger partial charge in [-0.2, -0.15) is 0 Å². The lowest BCUT2D eigenvalue weighted by Gasteiger charge is -2.30. The number of rotatable bonds is 6. The molecule has 2 fully saturated rings. The van der Waals surface area contributed by atoms with Gasteiger partial charge < -0.3 is 10.4 Å². The van der Waals surface area contributed by atoms with E-state index in [1.54, 1.807) is 0 Å². The molecule has 0 aromatic carbocycles. The van der Waals surface area contributed by atoms with Gasteiger partial charge >= 0.3 is 0 Å². The number of aliphatic hydroxyl groups is 1. The van der Waals surface area contributed by atoms with Crippen LogP contribution in [0.25, 0.3) is 0 Å². The molecule has 2 rings (SSSR count). The van der Waals surface area contributed by atoms with Crippen molar-refractivity contribution < 1.29 is 5.11 Å². The van der Waals surface area contributed by atoms with Gasteiger partial charge in [0.15, 0.2) is 0 Å². The van der Waals surface area contributed by atoms with Crippen LogP contribution in [0.4, 0.5) is 0 Å². The number of nitrogens with one attached hydrogen (secondary N) is 1. The predicted molar refractivity (Wildman–Crippen MR) is 62.7 cm³/mol. The molecule has 15 heavy (non-hydrogen) atoms. The van der Waals surface area contributed by atoms with Crippen molar-refractivity contribution in [3.05, 3.63) is 0 Å². The van der Waals surface area contributed by atoms with Gasteiger partial charge in [-0.1, -0.05) is 25.7 Å². The summed E-state index contributed by atoms with van der Waals surface area (Å²) >= 11 is 0. The Labute approximate surface area is 93.5 Å². The van der Waals surface area contributed by atoms with Crippen molar-refractivity contribution in [2.45, 2.75) is 44.9 Å². The normalized spacial score (nSPS) is 31.8. The fraction of sp³-hybridized carbons (Fsp3) is 1.00. The van der Waals surface area contributed by atoms with E-state index in [0.29, 0.717) is 12.5 Å². The molecule has 2 unspecified atom stereocenters. The van der Waals surface area contributed by atoms with Gasteiger partial charge in [0, 0.05) is 6.61 Å². The second kappa shape index (κ2) is 5.86. The summed E-state index contributed by atoms with van der Waals surface area (Å²) in [7, 11) is 0. The zero-order chi connectivity index (χ0) is 10.5. The second-order valence-corrected chi connectivity index (χ2v) is 5.42. The average molecular weight is 211 g/mol. The zero-order valence-corrected chi connectivity index (χ0v) is 9.75. The van der Waals surface area contributed by atoms with E-state index < -0.39 is 0 Å². The second-order valence-electron chi connectivity index (χ2n) is 5.42. The fourth-order valence-corrected chi connectivity index (χ4v) is 2.79. The van der Waals surface area contributed by atoms with Crippen molar-refractivity contribution in [2.75, 3.05) is 19.7 Å². The molecule has 2 saturated carbocycles. The molecule has 2 N–H and O–H groups in total. The van der Waals surface area contributed by atoms with Crippen molar-refractivity contribution >= 4 is 0 Å². The highest BCUT2D eigenvalue weighted by atomic mass is 16.3. The Morgan fingerprint density at radius 2 is 1.73 bits per heavy atom. The number of aliphatic hydroxyl groups excluding tert-OH is 1. The van der Waals surface area contributed by atoms with Gasteiger partial charge in [-0.3, -0.25) is 0 Å². The van der Waals surface area contributed by atoms with Crippen LogP contribution in [-0.4, -0.2) is 24.8 Å². The van der Waals surface area contributed by atoms with Crippen LogP contribution in [-0.2, 0) is 0 Å². The monoisotopic (exact) mass is 211 g/mol. The quantitative estimate of drug-likeness (QED) is 0.660. The largest absolute Gasteiger partial charge is 0.396 e. The predicted octanol–water partition coefficient (Wildman–Crippen LogP) is 2.17. The van der Waals surface area contributed by atoms with E-state index in [0.717, 1.165) is 18.4 Å². The lowest BCUT2D eigenvalue weighted by molar-refractivity contribution is 0.133. The van der Waals surface area contributed by atoms with Crippen molar-refractivity contribution in [3.8, 4) is 0 Å². The van der Waals surface area contributed by atoms with Crippen LogP contribution in [0.3, 0.4) is 0 Å². The van der Waals surface area contributed by atoms with Gasteiger partial charge in [0.25, 0.3) is 0 Å². The van der Waals surface area contributed by atoms with Gasteiger partial charge in [-0.25, -0.2) is 0 Å². The molecule has 0 amide bonds. The Hall–Kier alpha value is -0.0800. The van der Waals surface area contributed by atoms with Crippen LogP contribution in [0.1, 0.15) is 44.9 Å². The summed E-state index contributed by atoms with van der Waals surface area (Å²) in [5.41, 5.74) is 0. The molecular weight excluding hydrogens is 186 g/mol. The Kier molecular flexibility index (Phi) is 4.45. The third-order valence-electron chi connectivity index (χ3n) is 4.13. The molecule has 88 valence electrons. The molecule has 0 saturated heterocycles. The first kappa shape index (κ1) is 11.4. The molecule has 0 aromatic heterocycles. The number of hydrogen-bond donors (Lipinski definition) is 2. The topological polar surface area (TPSA) is 32.3 Å². The van der Waals surface area contributed by atoms with Crippen LogP contribution in [0.15, 0.2) is 0 Å². The van der Waals surface area contributed by atoms with Crippen LogP contribution < -0.4 is 5.32 Å². The van der Waals surface area contributed by atoms with E-state index in [9.17, 15) is 5.11 Å². The average Bonchev–Trinajstić information content (AvgIpc) is 3.09. The lowest BCUT2D eigenvalue weighted by Crippen LogP contribution is -2.32. The molecule has 0 spiro atoms. The molecule has 2 atom stereocenters. The highest BCUT2D eigenvalue weighted by Gasteiger charge is 2.24. The Morgan fingerprint density at radius 3 is 2.40 bits per heavy atom. The van der Waals surface area contributed by atoms with Gasteiger partial charge in [0.05, 0.1) is 0 Å². The summed E-state index contributed by atoms with van der Waals surface area (Å²) in [5, 5.41) is 12.9. The fourth-order valence-electron chi connectivity index (χ4n) is 2.79. The Balaban J connectivity index is 1.58. The minimum absolute atomic E-state index is 0.398. The van der Waals surface area contributed by atoms with Gasteiger partial charge in [0.1, 0.15) is 0 Å². The highest BCUT2D eigenvalue weighted by molar-refractivity contribution is 4.78. The summed E-state index contributed by atoms with van der Waals surface area (Å²) in [6.07, 6.45) is 9.55. The maximum absolute atomic E-state index is 9.29. The molecule has 2 nitrogen and oxygen atoms in total. The molecule has 2 heteroatoms. The Morgan fingerprint density at radius 1 is 1.00 bits per heavy atom. The zero-order valence-electron chi connectivity index (χ0n) is 9.75. The van der Waals surface area contributed by atoms with Crippen LogP contribution in [0.2, 0.25) is 0 Å². The lowest BCUT2D eigenvalue weighted by atomic mass is 9.79. The summed E-state index contributed by atoms with van der Waals surface area (Å²) in [6, 6.07) is 0. The van der Waals surface area contributed by atoms with E-state index in [1.807, 2.05) is 0 Å². The summed E-state index contributed by atoms with van der Waals surface area (Å²) in [5.74, 6) is 2.35. The molecule has 2 aliphatic rings. The maximum Gasteiger partial charge on any atom is 0.0462 e. The Bertz CT molecular complexity index is 179. The van der Waals surface area contributed by atoms with E-state index in [-0.39, 0.29) is 0 Å². The van der Waals surface area contributed by atoms with E-state index >= 15 is 0 Å². The SMILES string of the molecule is OCC1CCCCC1CNCCC1CC1. The van der Waals surface area contributed by atoms with Gasteiger partial charge in [0.2, 0.25) is 0 Å². The smallest absolute Gasteiger partial charge is 0.0462 e. The van der Waals surface area contributed by atoms with Crippen molar-refractivity contribution in [1.29, 1.82) is 0 Å². The van der Waals surface area contributed by atoms with Crippen LogP contribution in [0.5, 0.6) is 0 Å². The van der Waals surface area contributed by atoms with Gasteiger partial charge in [-0.05, 0) is 50.1 Å². The summed E-state index contributed by atoms with van der Waals surface area (Å²) < 4.78 is 0. The molecule has 0 bridgehead atoms. The minimum Gasteiger partial charge on any atom is -0.396 e. The maximum atomic E-state index is 9.29. The van der Waals surface area contributed by atoms with Gasteiger partial charge in [-0.15, -0.1) is 0 Å². The third kappa shape index (κ3) is 3.76. The molecule has 0 heterocycles. The standard InChI is InChI=1S/C13H25NO/c15-10-13-4-2-1-3-12(13)9-14-8-7-11-5-6-11/h11-15H,1-10H2. The molecule has 0 radical (unpaired) electrons. The van der Waals surface area contributed by atoms with Crippen molar-refractivity contribution in [3.63, 3.8) is 0 Å².